The fraction of sp³-hybridized carbons (Fsp3) is 0.0196. The second-order valence-corrected chi connectivity index (χ2v) is 13.9. The summed E-state index contributed by atoms with van der Waals surface area (Å²) in [5.41, 5.74) is 11.3. The van der Waals surface area contributed by atoms with Crippen LogP contribution in [0, 0.1) is 0 Å². The summed E-state index contributed by atoms with van der Waals surface area (Å²) in [6, 6.07) is 65.0. The van der Waals surface area contributed by atoms with Gasteiger partial charge >= 0.3 is 0 Å². The molecule has 0 saturated heterocycles. The minimum Gasteiger partial charge on any atom is -0.359 e. The molecule has 0 saturated carbocycles. The van der Waals surface area contributed by atoms with Crippen LogP contribution in [0.15, 0.2) is 205 Å². The number of pyridine rings is 1. The van der Waals surface area contributed by atoms with Gasteiger partial charge in [-0.05, 0) is 84.1 Å². The first-order valence-corrected chi connectivity index (χ1v) is 18.4. The van der Waals surface area contributed by atoms with Gasteiger partial charge in [0.15, 0.2) is 0 Å². The van der Waals surface area contributed by atoms with E-state index in [9.17, 15) is 0 Å². The number of amidine groups is 1. The van der Waals surface area contributed by atoms with Gasteiger partial charge in [-0.1, -0.05) is 170 Å². The van der Waals surface area contributed by atoms with Crippen molar-refractivity contribution in [3.8, 4) is 33.4 Å². The Morgan fingerprint density at radius 1 is 0.389 bits per heavy atom. The van der Waals surface area contributed by atoms with E-state index in [0.29, 0.717) is 0 Å². The van der Waals surface area contributed by atoms with Gasteiger partial charge in [0, 0.05) is 28.9 Å². The summed E-state index contributed by atoms with van der Waals surface area (Å²) < 4.78 is 0. The van der Waals surface area contributed by atoms with Crippen LogP contribution in [0.5, 0.6) is 0 Å². The SMILES string of the molecule is C1=C(c2ccc(-c3cncc4ccccc34)cc2)N=C(c2ccc(-c3cccc4ccccc34)cc2)NC1c1cccc(-c2ccc3ccccc3c2)c1. The number of fused-ring (bicyclic) bond motifs is 3. The molecule has 8 aromatic carbocycles. The van der Waals surface area contributed by atoms with Gasteiger partial charge in [0.05, 0.1) is 11.7 Å². The van der Waals surface area contributed by atoms with Crippen LogP contribution in [0.4, 0.5) is 0 Å². The molecule has 0 amide bonds. The van der Waals surface area contributed by atoms with Crippen LogP contribution in [0.2, 0.25) is 0 Å². The zero-order chi connectivity index (χ0) is 35.8. The molecule has 10 rings (SSSR count). The summed E-state index contributed by atoms with van der Waals surface area (Å²) in [4.78, 5) is 9.80. The molecule has 3 nitrogen and oxygen atoms in total. The van der Waals surface area contributed by atoms with Crippen molar-refractivity contribution in [2.75, 3.05) is 0 Å². The Bertz CT molecular complexity index is 2890. The minimum atomic E-state index is -0.0902. The second kappa shape index (κ2) is 13.5. The van der Waals surface area contributed by atoms with Gasteiger partial charge in [-0.25, -0.2) is 4.99 Å². The molecule has 9 aromatic rings. The highest BCUT2D eigenvalue weighted by molar-refractivity contribution is 6.04. The van der Waals surface area contributed by atoms with E-state index in [1.165, 1.54) is 54.7 Å². The fourth-order valence-corrected chi connectivity index (χ4v) is 7.76. The van der Waals surface area contributed by atoms with Crippen molar-refractivity contribution in [1.29, 1.82) is 0 Å². The Morgan fingerprint density at radius 2 is 0.981 bits per heavy atom. The molecule has 0 spiro atoms. The molecular weight excluding hydrogens is 655 g/mol. The largest absolute Gasteiger partial charge is 0.359 e. The quantitative estimate of drug-likeness (QED) is 0.189. The van der Waals surface area contributed by atoms with Crippen molar-refractivity contribution in [2.45, 2.75) is 6.04 Å². The summed E-state index contributed by atoms with van der Waals surface area (Å²) in [5, 5.41) is 11.1. The van der Waals surface area contributed by atoms with Crippen LogP contribution in [-0.4, -0.2) is 10.8 Å². The predicted octanol–water partition coefficient (Wildman–Crippen LogP) is 12.7. The summed E-state index contributed by atoms with van der Waals surface area (Å²) in [6.45, 7) is 0. The van der Waals surface area contributed by atoms with Gasteiger partial charge in [-0.2, -0.15) is 0 Å². The van der Waals surface area contributed by atoms with Crippen molar-refractivity contribution in [3.05, 3.63) is 217 Å². The van der Waals surface area contributed by atoms with Crippen molar-refractivity contribution >= 4 is 43.9 Å². The third-order valence-electron chi connectivity index (χ3n) is 10.6. The maximum atomic E-state index is 5.27. The number of aromatic nitrogens is 1. The summed E-state index contributed by atoms with van der Waals surface area (Å²) in [7, 11) is 0. The second-order valence-electron chi connectivity index (χ2n) is 13.9. The van der Waals surface area contributed by atoms with Crippen molar-refractivity contribution in [2.24, 2.45) is 4.99 Å². The highest BCUT2D eigenvalue weighted by Gasteiger charge is 2.21. The monoisotopic (exact) mass is 689 g/mol. The lowest BCUT2D eigenvalue weighted by Gasteiger charge is -2.25. The van der Waals surface area contributed by atoms with Crippen LogP contribution in [0.1, 0.15) is 22.7 Å². The lowest BCUT2D eigenvalue weighted by Crippen LogP contribution is -2.31. The summed E-state index contributed by atoms with van der Waals surface area (Å²) in [5.74, 6) is 0.848. The molecule has 1 aliphatic heterocycles. The molecule has 3 heteroatoms. The molecule has 1 aromatic heterocycles. The number of nitrogens with zero attached hydrogens (tertiary/aromatic N) is 2. The lowest BCUT2D eigenvalue weighted by molar-refractivity contribution is 0.781. The van der Waals surface area contributed by atoms with E-state index in [2.05, 4.69) is 198 Å². The van der Waals surface area contributed by atoms with E-state index in [-0.39, 0.29) is 6.04 Å². The summed E-state index contributed by atoms with van der Waals surface area (Å²) >= 11 is 0. The molecule has 1 aliphatic rings. The van der Waals surface area contributed by atoms with Crippen LogP contribution in [0.25, 0.3) is 71.4 Å². The third kappa shape index (κ3) is 5.92. The van der Waals surface area contributed by atoms with Gasteiger partial charge in [-0.15, -0.1) is 0 Å². The summed E-state index contributed by atoms with van der Waals surface area (Å²) in [6.07, 6.45) is 6.13. The molecular formula is C51H35N3. The van der Waals surface area contributed by atoms with E-state index in [0.717, 1.165) is 39.2 Å². The van der Waals surface area contributed by atoms with Gasteiger partial charge in [0.25, 0.3) is 0 Å². The minimum absolute atomic E-state index is 0.0902. The van der Waals surface area contributed by atoms with Gasteiger partial charge in [-0.3, -0.25) is 4.98 Å². The molecule has 54 heavy (non-hydrogen) atoms. The zero-order valence-electron chi connectivity index (χ0n) is 29.5. The van der Waals surface area contributed by atoms with Crippen LogP contribution >= 0.6 is 0 Å². The Hall–Kier alpha value is -7.10. The zero-order valence-corrected chi connectivity index (χ0v) is 29.5. The van der Waals surface area contributed by atoms with E-state index >= 15 is 0 Å². The average molecular weight is 690 g/mol. The van der Waals surface area contributed by atoms with E-state index in [1.807, 2.05) is 12.4 Å². The topological polar surface area (TPSA) is 37.3 Å². The number of nitrogens with one attached hydrogen (secondary N) is 1. The number of hydrogen-bond donors (Lipinski definition) is 1. The van der Waals surface area contributed by atoms with Crippen molar-refractivity contribution in [1.82, 2.24) is 10.3 Å². The first-order valence-electron chi connectivity index (χ1n) is 18.4. The number of hydrogen-bond acceptors (Lipinski definition) is 3. The van der Waals surface area contributed by atoms with Gasteiger partial charge < -0.3 is 5.32 Å². The van der Waals surface area contributed by atoms with E-state index in [4.69, 9.17) is 4.99 Å². The molecule has 0 fully saturated rings. The highest BCUT2D eigenvalue weighted by atomic mass is 15.0. The highest BCUT2D eigenvalue weighted by Crippen LogP contribution is 2.34. The van der Waals surface area contributed by atoms with Crippen molar-refractivity contribution < 1.29 is 0 Å². The Morgan fingerprint density at radius 3 is 1.80 bits per heavy atom. The Labute approximate surface area is 314 Å². The average Bonchev–Trinajstić information content (AvgIpc) is 3.26. The predicted molar refractivity (Wildman–Crippen MR) is 226 cm³/mol. The maximum absolute atomic E-state index is 5.27. The number of rotatable bonds is 6. The maximum Gasteiger partial charge on any atom is 0.134 e. The van der Waals surface area contributed by atoms with Gasteiger partial charge in [0.1, 0.15) is 5.84 Å². The van der Waals surface area contributed by atoms with Crippen molar-refractivity contribution in [3.63, 3.8) is 0 Å². The lowest BCUT2D eigenvalue weighted by atomic mass is 9.94. The third-order valence-corrected chi connectivity index (χ3v) is 10.6. The number of benzene rings is 8. The standard InChI is InChI=1S/C51H35N3/c1-2-11-40-29-42(28-19-34(40)9-1)41-14-7-15-43(30-41)50-31-49(38-24-20-37(21-25-38)48-33-52-32-44-12-4-6-17-47(44)48)53-51(54-50)39-26-22-36(23-27-39)46-18-8-13-35-10-3-5-16-45(35)46/h1-33,50H,(H,53,54). The van der Waals surface area contributed by atoms with E-state index in [1.54, 1.807) is 0 Å². The molecule has 1 atom stereocenters. The fourth-order valence-electron chi connectivity index (χ4n) is 7.76. The van der Waals surface area contributed by atoms with Gasteiger partial charge in [0.2, 0.25) is 0 Å². The molecule has 254 valence electrons. The smallest absolute Gasteiger partial charge is 0.134 e. The first-order chi connectivity index (χ1) is 26.7. The normalized spacial score (nSPS) is 14.1. The molecule has 0 aliphatic carbocycles. The van der Waals surface area contributed by atoms with Crippen LogP contribution in [0.3, 0.4) is 0 Å². The van der Waals surface area contributed by atoms with Crippen LogP contribution in [-0.2, 0) is 0 Å². The molecule has 2 heterocycles. The molecule has 1 unspecified atom stereocenters. The molecule has 0 bridgehead atoms. The first kappa shape index (κ1) is 31.6. The molecule has 1 N–H and O–H groups in total. The van der Waals surface area contributed by atoms with E-state index < -0.39 is 0 Å². The molecule has 0 radical (unpaired) electrons. The Balaban J connectivity index is 1.03. The number of aliphatic imine (C=N–C) groups is 1. The van der Waals surface area contributed by atoms with Crippen LogP contribution < -0.4 is 5.32 Å². The Kier molecular flexibility index (Phi) is 7.88.